The van der Waals surface area contributed by atoms with Gasteiger partial charge in [-0.15, -0.1) is 0 Å². The maximum atomic E-state index is 12.9. The Bertz CT molecular complexity index is 1050. The number of hydrogen-bond donors (Lipinski definition) is 2. The van der Waals surface area contributed by atoms with Crippen LogP contribution in [0.5, 0.6) is 5.75 Å². The fraction of sp³-hybridized carbons (Fsp3) is 0.0833. The van der Waals surface area contributed by atoms with Crippen molar-refractivity contribution in [2.24, 2.45) is 0 Å². The van der Waals surface area contributed by atoms with Gasteiger partial charge in [0, 0.05) is 11.0 Å². The minimum atomic E-state index is -0.380. The van der Waals surface area contributed by atoms with E-state index in [0.29, 0.717) is 22.3 Å². The van der Waals surface area contributed by atoms with Crippen LogP contribution in [0.1, 0.15) is 21.5 Å². The van der Waals surface area contributed by atoms with Gasteiger partial charge in [-0.2, -0.15) is 0 Å². The zero-order chi connectivity index (χ0) is 21.3. The molecule has 0 saturated carbocycles. The molecule has 2 amide bonds. The van der Waals surface area contributed by atoms with Crippen LogP contribution in [-0.4, -0.2) is 18.9 Å². The third-order valence-corrected chi connectivity index (χ3v) is 5.03. The normalized spacial score (nSPS) is 10.9. The first-order chi connectivity index (χ1) is 14.6. The van der Waals surface area contributed by atoms with Gasteiger partial charge in [0.1, 0.15) is 11.4 Å². The summed E-state index contributed by atoms with van der Waals surface area (Å²) in [5.41, 5.74) is 2.31. The summed E-state index contributed by atoms with van der Waals surface area (Å²) in [6.45, 7) is 0.352. The van der Waals surface area contributed by atoms with Gasteiger partial charge in [-0.3, -0.25) is 9.59 Å². The number of hydrogen-bond acceptors (Lipinski definition) is 3. The molecule has 152 valence electrons. The molecule has 3 aromatic carbocycles. The molecule has 30 heavy (non-hydrogen) atoms. The largest absolute Gasteiger partial charge is 0.497 e. The number of methoxy groups -OCH3 is 1. The number of halogens is 1. The van der Waals surface area contributed by atoms with E-state index in [9.17, 15) is 9.59 Å². The van der Waals surface area contributed by atoms with Crippen molar-refractivity contribution >= 4 is 33.8 Å². The Labute approximate surface area is 183 Å². The molecule has 0 aliphatic heterocycles. The summed E-state index contributed by atoms with van der Waals surface area (Å²) in [6.07, 6.45) is 1.63. The van der Waals surface area contributed by atoms with Crippen molar-refractivity contribution in [3.63, 3.8) is 0 Å². The molecule has 0 aliphatic carbocycles. The Balaban J connectivity index is 1.83. The Kier molecular flexibility index (Phi) is 7.40. The lowest BCUT2D eigenvalue weighted by atomic mass is 10.1. The molecule has 0 heterocycles. The highest BCUT2D eigenvalue weighted by Crippen LogP contribution is 2.17. The number of carbonyl (C=O) groups excluding carboxylic acids is 2. The van der Waals surface area contributed by atoms with E-state index in [2.05, 4.69) is 26.6 Å². The van der Waals surface area contributed by atoms with Crippen LogP contribution in [0.3, 0.4) is 0 Å². The zero-order valence-corrected chi connectivity index (χ0v) is 18.0. The van der Waals surface area contributed by atoms with E-state index in [1.807, 2.05) is 48.5 Å². The maximum absolute atomic E-state index is 12.9. The van der Waals surface area contributed by atoms with Gasteiger partial charge in [0.25, 0.3) is 11.8 Å². The summed E-state index contributed by atoms with van der Waals surface area (Å²) < 4.78 is 5.82. The molecule has 0 radical (unpaired) electrons. The third-order valence-electron chi connectivity index (χ3n) is 4.33. The molecule has 6 heteroatoms. The summed E-state index contributed by atoms with van der Waals surface area (Å²) in [5, 5.41) is 5.59. The molecule has 0 saturated heterocycles. The van der Waals surface area contributed by atoms with E-state index in [1.165, 1.54) is 0 Å². The van der Waals surface area contributed by atoms with Gasteiger partial charge in [-0.1, -0.05) is 54.6 Å². The summed E-state index contributed by atoms with van der Waals surface area (Å²) in [6, 6.07) is 23.8. The number of amides is 2. The molecule has 3 rings (SSSR count). The lowest BCUT2D eigenvalue weighted by Crippen LogP contribution is -2.34. The molecule has 2 N–H and O–H groups in total. The minimum Gasteiger partial charge on any atom is -0.497 e. The number of ether oxygens (including phenoxy) is 1. The molecular weight excluding hydrogens is 444 g/mol. The Morgan fingerprint density at radius 1 is 0.933 bits per heavy atom. The van der Waals surface area contributed by atoms with E-state index in [1.54, 1.807) is 43.5 Å². The molecule has 0 spiro atoms. The molecule has 0 bridgehead atoms. The average molecular weight is 465 g/mol. The van der Waals surface area contributed by atoms with Gasteiger partial charge in [0.05, 0.1) is 12.7 Å². The van der Waals surface area contributed by atoms with Gasteiger partial charge in [-0.05, 0) is 57.4 Å². The molecule has 3 aromatic rings. The van der Waals surface area contributed by atoms with Gasteiger partial charge < -0.3 is 15.4 Å². The SMILES string of the molecule is COc1ccc(/C=C(\NC(=O)c2ccccc2Br)C(=O)NCc2ccccc2)cc1. The van der Waals surface area contributed by atoms with E-state index in [4.69, 9.17) is 4.74 Å². The van der Waals surface area contributed by atoms with Gasteiger partial charge >= 0.3 is 0 Å². The first-order valence-corrected chi connectivity index (χ1v) is 10.1. The van der Waals surface area contributed by atoms with Gasteiger partial charge in [0.15, 0.2) is 0 Å². The topological polar surface area (TPSA) is 67.4 Å². The van der Waals surface area contributed by atoms with Crippen LogP contribution in [0, 0.1) is 0 Å². The molecule has 0 atom stereocenters. The smallest absolute Gasteiger partial charge is 0.268 e. The van der Waals surface area contributed by atoms with Crippen LogP contribution in [-0.2, 0) is 11.3 Å². The highest BCUT2D eigenvalue weighted by molar-refractivity contribution is 9.10. The number of benzene rings is 3. The number of carbonyl (C=O) groups is 2. The zero-order valence-electron chi connectivity index (χ0n) is 16.4. The second-order valence-corrected chi connectivity index (χ2v) is 7.29. The van der Waals surface area contributed by atoms with Crippen molar-refractivity contribution in [1.29, 1.82) is 0 Å². The predicted octanol–water partition coefficient (Wildman–Crippen LogP) is 4.55. The fourth-order valence-electron chi connectivity index (χ4n) is 2.73. The first-order valence-electron chi connectivity index (χ1n) is 9.30. The third kappa shape index (κ3) is 5.81. The number of nitrogens with one attached hydrogen (secondary N) is 2. The highest BCUT2D eigenvalue weighted by Gasteiger charge is 2.16. The van der Waals surface area contributed by atoms with Crippen molar-refractivity contribution in [3.8, 4) is 5.75 Å². The van der Waals surface area contributed by atoms with Crippen LogP contribution in [0.4, 0.5) is 0 Å². The first kappa shape index (κ1) is 21.3. The maximum Gasteiger partial charge on any atom is 0.268 e. The number of rotatable bonds is 7. The summed E-state index contributed by atoms with van der Waals surface area (Å²) in [5.74, 6) is -0.0494. The van der Waals surface area contributed by atoms with Crippen molar-refractivity contribution in [2.45, 2.75) is 6.54 Å². The Morgan fingerprint density at radius 2 is 1.60 bits per heavy atom. The summed E-state index contributed by atoms with van der Waals surface area (Å²) in [7, 11) is 1.59. The fourth-order valence-corrected chi connectivity index (χ4v) is 3.20. The van der Waals surface area contributed by atoms with Crippen molar-refractivity contribution in [2.75, 3.05) is 7.11 Å². The van der Waals surface area contributed by atoms with Crippen LogP contribution in [0.25, 0.3) is 6.08 Å². The predicted molar refractivity (Wildman–Crippen MR) is 121 cm³/mol. The average Bonchev–Trinajstić information content (AvgIpc) is 2.78. The standard InChI is InChI=1S/C24H21BrN2O3/c1-30-19-13-11-17(12-14-19)15-22(24(29)26-16-18-7-3-2-4-8-18)27-23(28)20-9-5-6-10-21(20)25/h2-15H,16H2,1H3,(H,26,29)(H,27,28)/b22-15-. The van der Waals surface area contributed by atoms with Crippen LogP contribution < -0.4 is 15.4 Å². The van der Waals surface area contributed by atoms with Crippen LogP contribution in [0.2, 0.25) is 0 Å². The van der Waals surface area contributed by atoms with Crippen LogP contribution >= 0.6 is 15.9 Å². The molecule has 0 aromatic heterocycles. The Hall–Kier alpha value is -3.38. The summed E-state index contributed by atoms with van der Waals surface area (Å²) in [4.78, 5) is 25.6. The van der Waals surface area contributed by atoms with E-state index < -0.39 is 0 Å². The lowest BCUT2D eigenvalue weighted by Gasteiger charge is -2.12. The second kappa shape index (κ2) is 10.4. The van der Waals surface area contributed by atoms with Crippen molar-refractivity contribution < 1.29 is 14.3 Å². The van der Waals surface area contributed by atoms with Crippen molar-refractivity contribution in [3.05, 3.63) is 106 Å². The molecular formula is C24H21BrN2O3. The van der Waals surface area contributed by atoms with E-state index >= 15 is 0 Å². The molecule has 5 nitrogen and oxygen atoms in total. The second-order valence-electron chi connectivity index (χ2n) is 6.43. The molecule has 0 unspecified atom stereocenters. The van der Waals surface area contributed by atoms with E-state index in [0.717, 1.165) is 11.1 Å². The van der Waals surface area contributed by atoms with E-state index in [-0.39, 0.29) is 17.5 Å². The van der Waals surface area contributed by atoms with Gasteiger partial charge in [0.2, 0.25) is 0 Å². The van der Waals surface area contributed by atoms with Crippen molar-refractivity contribution in [1.82, 2.24) is 10.6 Å². The Morgan fingerprint density at radius 3 is 2.27 bits per heavy atom. The van der Waals surface area contributed by atoms with Crippen LogP contribution in [0.15, 0.2) is 89.0 Å². The lowest BCUT2D eigenvalue weighted by molar-refractivity contribution is -0.117. The molecule has 0 fully saturated rings. The molecule has 0 aliphatic rings. The highest BCUT2D eigenvalue weighted by atomic mass is 79.9. The summed E-state index contributed by atoms with van der Waals surface area (Å²) >= 11 is 3.37. The monoisotopic (exact) mass is 464 g/mol. The minimum absolute atomic E-state index is 0.150. The van der Waals surface area contributed by atoms with Gasteiger partial charge in [-0.25, -0.2) is 0 Å². The quantitative estimate of drug-likeness (QED) is 0.504.